The number of carbonyl (C=O) groups is 1. The zero-order valence-corrected chi connectivity index (χ0v) is 15.1. The van der Waals surface area contributed by atoms with Crippen LogP contribution in [0.3, 0.4) is 0 Å². The first kappa shape index (κ1) is 20.2. The van der Waals surface area contributed by atoms with Gasteiger partial charge in [0.25, 0.3) is 0 Å². The molecule has 0 aliphatic carbocycles. The smallest absolute Gasteiger partial charge is 0.387 e. The molecule has 0 heterocycles. The fourth-order valence-corrected chi connectivity index (χ4v) is 2.29. The van der Waals surface area contributed by atoms with Crippen molar-refractivity contribution in [2.45, 2.75) is 20.5 Å². The summed E-state index contributed by atoms with van der Waals surface area (Å²) < 4.78 is 40.3. The van der Waals surface area contributed by atoms with E-state index in [0.29, 0.717) is 24.7 Å². The first-order valence-electron chi connectivity index (χ1n) is 8.46. The third-order valence-electron chi connectivity index (χ3n) is 3.36. The normalized spacial score (nSPS) is 10.9. The molecule has 0 bridgehead atoms. The zero-order valence-electron chi connectivity index (χ0n) is 15.1. The number of anilines is 1. The van der Waals surface area contributed by atoms with Gasteiger partial charge in [0.05, 0.1) is 18.9 Å². The standard InChI is InChI=1S/C20H21F2NO4/c1-3-25-17-11-9-14(13-18(17)26-4-2)10-12-19(24)23-15-7-5-6-8-16(15)27-20(21)22/h5-13,20H,3-4H2,1-2H3,(H,23,24)/b12-10+. The molecule has 1 N–H and O–H groups in total. The molecule has 0 spiro atoms. The van der Waals surface area contributed by atoms with Crippen molar-refractivity contribution in [1.29, 1.82) is 0 Å². The molecule has 0 aliphatic rings. The Morgan fingerprint density at radius 3 is 2.44 bits per heavy atom. The van der Waals surface area contributed by atoms with Crippen LogP contribution in [-0.2, 0) is 4.79 Å². The average Bonchev–Trinajstić information content (AvgIpc) is 2.63. The van der Waals surface area contributed by atoms with Gasteiger partial charge in [-0.25, -0.2) is 0 Å². The number of hydrogen-bond donors (Lipinski definition) is 1. The summed E-state index contributed by atoms with van der Waals surface area (Å²) in [7, 11) is 0. The minimum absolute atomic E-state index is 0.103. The van der Waals surface area contributed by atoms with E-state index in [1.807, 2.05) is 13.8 Å². The van der Waals surface area contributed by atoms with Crippen LogP contribution in [0.1, 0.15) is 19.4 Å². The number of alkyl halides is 2. The number of benzene rings is 2. The van der Waals surface area contributed by atoms with E-state index in [-0.39, 0.29) is 11.4 Å². The van der Waals surface area contributed by atoms with E-state index in [1.54, 1.807) is 36.4 Å². The van der Waals surface area contributed by atoms with Crippen molar-refractivity contribution in [3.05, 3.63) is 54.1 Å². The van der Waals surface area contributed by atoms with Gasteiger partial charge in [-0.1, -0.05) is 18.2 Å². The van der Waals surface area contributed by atoms with Crippen LogP contribution in [0.25, 0.3) is 6.08 Å². The molecule has 2 aromatic rings. The van der Waals surface area contributed by atoms with Gasteiger partial charge in [0.15, 0.2) is 11.5 Å². The Kier molecular flexibility index (Phi) is 7.61. The summed E-state index contributed by atoms with van der Waals surface area (Å²) in [5.41, 5.74) is 0.892. The molecule has 0 radical (unpaired) electrons. The topological polar surface area (TPSA) is 56.8 Å². The number of halogens is 2. The van der Waals surface area contributed by atoms with Gasteiger partial charge in [0, 0.05) is 6.08 Å². The molecule has 27 heavy (non-hydrogen) atoms. The van der Waals surface area contributed by atoms with Crippen molar-refractivity contribution in [1.82, 2.24) is 0 Å². The number of nitrogens with one attached hydrogen (secondary N) is 1. The molecule has 0 unspecified atom stereocenters. The number of carbonyl (C=O) groups excluding carboxylic acids is 1. The molecular formula is C20H21F2NO4. The molecule has 0 saturated carbocycles. The van der Waals surface area contributed by atoms with Gasteiger partial charge < -0.3 is 19.5 Å². The van der Waals surface area contributed by atoms with Gasteiger partial charge in [0.1, 0.15) is 5.75 Å². The largest absolute Gasteiger partial charge is 0.490 e. The van der Waals surface area contributed by atoms with Gasteiger partial charge in [-0.3, -0.25) is 4.79 Å². The average molecular weight is 377 g/mol. The second-order valence-electron chi connectivity index (χ2n) is 5.27. The quantitative estimate of drug-likeness (QED) is 0.642. The second-order valence-corrected chi connectivity index (χ2v) is 5.27. The predicted octanol–water partition coefficient (Wildman–Crippen LogP) is 4.74. The highest BCUT2D eigenvalue weighted by Crippen LogP contribution is 2.29. The van der Waals surface area contributed by atoms with Crippen molar-refractivity contribution < 1.29 is 27.8 Å². The summed E-state index contributed by atoms with van der Waals surface area (Å²) >= 11 is 0. The first-order chi connectivity index (χ1) is 13.0. The fourth-order valence-electron chi connectivity index (χ4n) is 2.29. The van der Waals surface area contributed by atoms with Gasteiger partial charge in [-0.05, 0) is 49.8 Å². The lowest BCUT2D eigenvalue weighted by Crippen LogP contribution is -2.11. The van der Waals surface area contributed by atoms with Crippen LogP contribution in [0.2, 0.25) is 0 Å². The lowest BCUT2D eigenvalue weighted by Gasteiger charge is -2.11. The van der Waals surface area contributed by atoms with Crippen LogP contribution in [-0.4, -0.2) is 25.7 Å². The molecule has 2 aromatic carbocycles. The van der Waals surface area contributed by atoms with E-state index in [4.69, 9.17) is 9.47 Å². The molecule has 0 aromatic heterocycles. The fraction of sp³-hybridized carbons (Fsp3) is 0.250. The molecule has 1 amide bonds. The second kappa shape index (κ2) is 10.2. The van der Waals surface area contributed by atoms with Crippen LogP contribution in [0.4, 0.5) is 14.5 Å². The molecule has 0 saturated heterocycles. The third kappa shape index (κ3) is 6.29. The highest BCUT2D eigenvalue weighted by atomic mass is 19.3. The summed E-state index contributed by atoms with van der Waals surface area (Å²) in [6, 6.07) is 11.3. The summed E-state index contributed by atoms with van der Waals surface area (Å²) in [4.78, 5) is 12.1. The van der Waals surface area contributed by atoms with Crippen LogP contribution in [0.5, 0.6) is 17.2 Å². The molecule has 2 rings (SSSR count). The monoisotopic (exact) mass is 377 g/mol. The lowest BCUT2D eigenvalue weighted by atomic mass is 10.2. The molecule has 7 heteroatoms. The summed E-state index contributed by atoms with van der Waals surface area (Å²) in [6.45, 7) is 1.76. The SMILES string of the molecule is CCOc1ccc(/C=C/C(=O)Nc2ccccc2OC(F)F)cc1OCC. The number of ether oxygens (including phenoxy) is 3. The van der Waals surface area contributed by atoms with E-state index in [1.165, 1.54) is 18.2 Å². The summed E-state index contributed by atoms with van der Waals surface area (Å²) in [5.74, 6) is 0.623. The number of hydrogen-bond acceptors (Lipinski definition) is 4. The van der Waals surface area contributed by atoms with E-state index in [2.05, 4.69) is 10.1 Å². The van der Waals surface area contributed by atoms with Gasteiger partial charge in [-0.15, -0.1) is 0 Å². The van der Waals surface area contributed by atoms with Gasteiger partial charge >= 0.3 is 6.61 Å². The molecule has 0 fully saturated rings. The minimum Gasteiger partial charge on any atom is -0.490 e. The highest BCUT2D eigenvalue weighted by molar-refractivity contribution is 6.02. The summed E-state index contributed by atoms with van der Waals surface area (Å²) in [5, 5.41) is 2.52. The van der Waals surface area contributed by atoms with Crippen LogP contribution >= 0.6 is 0 Å². The minimum atomic E-state index is -2.97. The molecule has 5 nitrogen and oxygen atoms in total. The van der Waals surface area contributed by atoms with Crippen molar-refractivity contribution in [2.24, 2.45) is 0 Å². The van der Waals surface area contributed by atoms with Crippen LogP contribution in [0, 0.1) is 0 Å². The van der Waals surface area contributed by atoms with Crippen LogP contribution < -0.4 is 19.5 Å². The number of para-hydroxylation sites is 2. The number of amides is 1. The Hall–Kier alpha value is -3.09. The van der Waals surface area contributed by atoms with E-state index >= 15 is 0 Å². The van der Waals surface area contributed by atoms with Crippen molar-refractivity contribution in [3.8, 4) is 17.2 Å². The first-order valence-corrected chi connectivity index (χ1v) is 8.46. The Morgan fingerprint density at radius 1 is 1.04 bits per heavy atom. The zero-order chi connectivity index (χ0) is 19.6. The maximum Gasteiger partial charge on any atom is 0.387 e. The van der Waals surface area contributed by atoms with Crippen LogP contribution in [0.15, 0.2) is 48.5 Å². The maximum absolute atomic E-state index is 12.4. The van der Waals surface area contributed by atoms with Crippen molar-refractivity contribution in [2.75, 3.05) is 18.5 Å². The molecule has 0 atom stereocenters. The lowest BCUT2D eigenvalue weighted by molar-refractivity contribution is -0.111. The van der Waals surface area contributed by atoms with E-state index < -0.39 is 12.5 Å². The van der Waals surface area contributed by atoms with Crippen molar-refractivity contribution >= 4 is 17.7 Å². The number of rotatable bonds is 9. The van der Waals surface area contributed by atoms with Gasteiger partial charge in [-0.2, -0.15) is 8.78 Å². The van der Waals surface area contributed by atoms with E-state index in [0.717, 1.165) is 5.56 Å². The predicted molar refractivity (Wildman–Crippen MR) is 99.5 cm³/mol. The Bertz CT molecular complexity index is 793. The summed E-state index contributed by atoms with van der Waals surface area (Å²) in [6.07, 6.45) is 2.88. The third-order valence-corrected chi connectivity index (χ3v) is 3.36. The Balaban J connectivity index is 2.10. The Labute approximate surface area is 156 Å². The van der Waals surface area contributed by atoms with Crippen molar-refractivity contribution in [3.63, 3.8) is 0 Å². The maximum atomic E-state index is 12.4. The molecule has 144 valence electrons. The highest BCUT2D eigenvalue weighted by Gasteiger charge is 2.10. The van der Waals surface area contributed by atoms with Gasteiger partial charge in [0.2, 0.25) is 5.91 Å². The Morgan fingerprint density at radius 2 is 1.74 bits per heavy atom. The molecular weight excluding hydrogens is 356 g/mol. The van der Waals surface area contributed by atoms with E-state index in [9.17, 15) is 13.6 Å². The molecule has 0 aliphatic heterocycles.